The third-order valence-electron chi connectivity index (χ3n) is 4.42. The Labute approximate surface area is 183 Å². The van der Waals surface area contributed by atoms with Gasteiger partial charge in [-0.15, -0.1) is 10.2 Å². The second kappa shape index (κ2) is 9.45. The van der Waals surface area contributed by atoms with Crippen molar-refractivity contribution in [1.29, 1.82) is 0 Å². The van der Waals surface area contributed by atoms with Gasteiger partial charge in [0.2, 0.25) is 5.91 Å². The molecule has 152 valence electrons. The summed E-state index contributed by atoms with van der Waals surface area (Å²) < 4.78 is 8.75. The molecule has 1 aromatic heterocycles. The van der Waals surface area contributed by atoms with Gasteiger partial charge in [0.1, 0.15) is 12.4 Å². The molecule has 1 amide bonds. The van der Waals surface area contributed by atoms with Crippen molar-refractivity contribution in [2.24, 2.45) is 7.05 Å². The van der Waals surface area contributed by atoms with Crippen LogP contribution in [0, 0.1) is 20.8 Å². The Morgan fingerprint density at radius 3 is 2.69 bits per heavy atom. The molecule has 0 aliphatic rings. The Kier molecular flexibility index (Phi) is 6.97. The van der Waals surface area contributed by atoms with E-state index >= 15 is 0 Å². The van der Waals surface area contributed by atoms with Gasteiger partial charge in [0.05, 0.1) is 5.75 Å². The number of carbonyl (C=O) groups excluding carboxylic acids is 1. The molecule has 0 aliphatic heterocycles. The molecular weight excluding hydrogens is 452 g/mol. The van der Waals surface area contributed by atoms with E-state index in [9.17, 15) is 4.79 Å². The third-order valence-corrected chi connectivity index (χ3v) is 5.93. The van der Waals surface area contributed by atoms with Gasteiger partial charge in [0, 0.05) is 17.2 Å². The molecule has 0 saturated carbocycles. The predicted octanol–water partition coefficient (Wildman–Crippen LogP) is 4.81. The molecule has 6 nitrogen and oxygen atoms in total. The van der Waals surface area contributed by atoms with Gasteiger partial charge in [0.25, 0.3) is 0 Å². The summed E-state index contributed by atoms with van der Waals surface area (Å²) in [6, 6.07) is 11.9. The van der Waals surface area contributed by atoms with Gasteiger partial charge in [-0.1, -0.05) is 39.8 Å². The Balaban J connectivity index is 1.56. The first-order chi connectivity index (χ1) is 13.8. The number of hydrogen-bond donors (Lipinski definition) is 1. The summed E-state index contributed by atoms with van der Waals surface area (Å²) in [6.45, 7) is 6.32. The maximum Gasteiger partial charge on any atom is 0.234 e. The van der Waals surface area contributed by atoms with Gasteiger partial charge in [-0.25, -0.2) is 0 Å². The SMILES string of the molecule is Cc1ccc(C)c(OCc2nnc(SCC(=O)Nc3ccc(Br)cc3C)n2C)c1. The number of carbonyl (C=O) groups is 1. The van der Waals surface area contributed by atoms with Crippen LogP contribution in [0.1, 0.15) is 22.5 Å². The maximum atomic E-state index is 12.3. The number of nitrogens with zero attached hydrogens (tertiary/aromatic N) is 3. The van der Waals surface area contributed by atoms with Crippen LogP contribution in [0.15, 0.2) is 46.0 Å². The van der Waals surface area contributed by atoms with Crippen LogP contribution < -0.4 is 10.1 Å². The van der Waals surface area contributed by atoms with Crippen molar-refractivity contribution in [3.63, 3.8) is 0 Å². The zero-order valence-corrected chi connectivity index (χ0v) is 19.2. The summed E-state index contributed by atoms with van der Waals surface area (Å²) in [7, 11) is 1.88. The molecule has 0 spiro atoms. The number of anilines is 1. The number of hydrogen-bond acceptors (Lipinski definition) is 5. The van der Waals surface area contributed by atoms with E-state index in [1.54, 1.807) is 0 Å². The Morgan fingerprint density at radius 2 is 1.93 bits per heavy atom. The maximum absolute atomic E-state index is 12.3. The largest absolute Gasteiger partial charge is 0.485 e. The lowest BCUT2D eigenvalue weighted by Gasteiger charge is -2.10. The van der Waals surface area contributed by atoms with Gasteiger partial charge >= 0.3 is 0 Å². The second-order valence-corrected chi connectivity index (χ2v) is 8.67. The van der Waals surface area contributed by atoms with Gasteiger partial charge in [-0.05, 0) is 61.7 Å². The number of halogens is 1. The van der Waals surface area contributed by atoms with Crippen molar-refractivity contribution in [3.8, 4) is 5.75 Å². The molecule has 0 aliphatic carbocycles. The van der Waals surface area contributed by atoms with Crippen molar-refractivity contribution < 1.29 is 9.53 Å². The van der Waals surface area contributed by atoms with Crippen LogP contribution in [-0.4, -0.2) is 26.4 Å². The zero-order valence-electron chi connectivity index (χ0n) is 16.8. The number of thioether (sulfide) groups is 1. The molecule has 0 bridgehead atoms. The molecule has 3 aromatic rings. The Morgan fingerprint density at radius 1 is 1.14 bits per heavy atom. The lowest BCUT2D eigenvalue weighted by atomic mass is 10.1. The highest BCUT2D eigenvalue weighted by molar-refractivity contribution is 9.10. The Bertz CT molecular complexity index is 1040. The van der Waals surface area contributed by atoms with Crippen LogP contribution in [0.2, 0.25) is 0 Å². The number of nitrogens with one attached hydrogen (secondary N) is 1. The minimum absolute atomic E-state index is 0.0865. The van der Waals surface area contributed by atoms with Gasteiger partial charge in [0.15, 0.2) is 11.0 Å². The fraction of sp³-hybridized carbons (Fsp3) is 0.286. The summed E-state index contributed by atoms with van der Waals surface area (Å²) in [5, 5.41) is 12.0. The molecule has 2 aromatic carbocycles. The smallest absolute Gasteiger partial charge is 0.234 e. The van der Waals surface area contributed by atoms with Crippen molar-refractivity contribution >= 4 is 39.3 Å². The molecule has 1 heterocycles. The van der Waals surface area contributed by atoms with Crippen LogP contribution in [0.5, 0.6) is 5.75 Å². The van der Waals surface area contributed by atoms with Crippen LogP contribution in [-0.2, 0) is 18.4 Å². The number of aryl methyl sites for hydroxylation is 3. The predicted molar refractivity (Wildman–Crippen MR) is 119 cm³/mol. The van der Waals surface area contributed by atoms with E-state index in [0.29, 0.717) is 17.6 Å². The minimum atomic E-state index is -0.0865. The molecule has 0 saturated heterocycles. The molecule has 0 atom stereocenters. The highest BCUT2D eigenvalue weighted by Gasteiger charge is 2.13. The third kappa shape index (κ3) is 5.61. The van der Waals surface area contributed by atoms with E-state index < -0.39 is 0 Å². The Hall–Kier alpha value is -2.32. The first-order valence-corrected chi connectivity index (χ1v) is 10.9. The normalized spacial score (nSPS) is 10.8. The number of aromatic nitrogens is 3. The van der Waals surface area contributed by atoms with E-state index in [1.807, 2.05) is 62.7 Å². The lowest BCUT2D eigenvalue weighted by molar-refractivity contribution is -0.113. The summed E-state index contributed by atoms with van der Waals surface area (Å²) in [4.78, 5) is 12.3. The number of rotatable bonds is 7. The molecule has 0 fully saturated rings. The zero-order chi connectivity index (χ0) is 21.0. The van der Waals surface area contributed by atoms with Crippen molar-refractivity contribution in [2.45, 2.75) is 32.5 Å². The van der Waals surface area contributed by atoms with Gasteiger partial charge in [-0.3, -0.25) is 4.79 Å². The monoisotopic (exact) mass is 474 g/mol. The average molecular weight is 475 g/mol. The summed E-state index contributed by atoms with van der Waals surface area (Å²) in [5.74, 6) is 1.71. The van der Waals surface area contributed by atoms with Gasteiger partial charge in [-0.2, -0.15) is 0 Å². The summed E-state index contributed by atoms with van der Waals surface area (Å²) in [5.41, 5.74) is 4.03. The summed E-state index contributed by atoms with van der Waals surface area (Å²) >= 11 is 4.77. The number of amides is 1. The number of benzene rings is 2. The average Bonchev–Trinajstić information content (AvgIpc) is 3.03. The van der Waals surface area contributed by atoms with E-state index in [1.165, 1.54) is 11.8 Å². The minimum Gasteiger partial charge on any atom is -0.485 e. The van der Waals surface area contributed by atoms with Gasteiger partial charge < -0.3 is 14.6 Å². The fourth-order valence-electron chi connectivity index (χ4n) is 2.69. The molecule has 0 unspecified atom stereocenters. The molecule has 1 N–H and O–H groups in total. The van der Waals surface area contributed by atoms with E-state index in [2.05, 4.69) is 37.5 Å². The van der Waals surface area contributed by atoms with Crippen LogP contribution in [0.25, 0.3) is 0 Å². The summed E-state index contributed by atoms with van der Waals surface area (Å²) in [6.07, 6.45) is 0. The van der Waals surface area contributed by atoms with Crippen molar-refractivity contribution in [3.05, 3.63) is 63.4 Å². The van der Waals surface area contributed by atoms with E-state index in [0.717, 1.165) is 32.6 Å². The lowest BCUT2D eigenvalue weighted by Crippen LogP contribution is -2.15. The van der Waals surface area contributed by atoms with E-state index in [-0.39, 0.29) is 11.7 Å². The van der Waals surface area contributed by atoms with Crippen LogP contribution in [0.3, 0.4) is 0 Å². The highest BCUT2D eigenvalue weighted by atomic mass is 79.9. The van der Waals surface area contributed by atoms with Crippen molar-refractivity contribution in [2.75, 3.05) is 11.1 Å². The van der Waals surface area contributed by atoms with Crippen molar-refractivity contribution in [1.82, 2.24) is 14.8 Å². The first kappa shape index (κ1) is 21.4. The topological polar surface area (TPSA) is 69.0 Å². The quantitative estimate of drug-likeness (QED) is 0.497. The molecule has 8 heteroatoms. The molecule has 3 rings (SSSR count). The number of ether oxygens (including phenoxy) is 1. The standard InChI is InChI=1S/C21H23BrN4O2S/c1-13-5-6-14(2)18(9-13)28-11-19-24-25-21(26(19)4)29-12-20(27)23-17-8-7-16(22)10-15(17)3/h5-10H,11-12H2,1-4H3,(H,23,27). The first-order valence-electron chi connectivity index (χ1n) is 9.10. The second-order valence-electron chi connectivity index (χ2n) is 6.81. The molecular formula is C21H23BrN4O2S. The van der Waals surface area contributed by atoms with E-state index in [4.69, 9.17) is 4.74 Å². The van der Waals surface area contributed by atoms with Crippen LogP contribution in [0.4, 0.5) is 5.69 Å². The molecule has 29 heavy (non-hydrogen) atoms. The fourth-order valence-corrected chi connectivity index (χ4v) is 3.89. The highest BCUT2D eigenvalue weighted by Crippen LogP contribution is 2.23. The molecule has 0 radical (unpaired) electrons. The van der Waals surface area contributed by atoms with Crippen LogP contribution >= 0.6 is 27.7 Å².